The lowest BCUT2D eigenvalue weighted by atomic mass is 10.3. The molecule has 0 aliphatic heterocycles. The number of carbonyl (C=O) groups excluding carboxylic acids is 2. The predicted octanol–water partition coefficient (Wildman–Crippen LogP) is -0.662. The van der Waals surface area contributed by atoms with Crippen LogP contribution in [0.15, 0.2) is 11.8 Å². The average Bonchev–Trinajstić information content (AvgIpc) is 2.11. The molecular formula is C8H10N2O2. The van der Waals surface area contributed by atoms with Gasteiger partial charge in [-0.05, 0) is 0 Å². The second kappa shape index (κ2) is 4.97. The van der Waals surface area contributed by atoms with Crippen molar-refractivity contribution in [1.82, 2.24) is 10.2 Å². The number of nitrogens with zero attached hydrogens (tertiary/aromatic N) is 1. The van der Waals surface area contributed by atoms with Gasteiger partial charge in [0.05, 0.1) is 0 Å². The highest BCUT2D eigenvalue weighted by Gasteiger charge is 2.10. The number of rotatable bonds is 3. The number of imide groups is 1. The molecule has 0 aromatic heterocycles. The summed E-state index contributed by atoms with van der Waals surface area (Å²) >= 11 is 0. The largest absolute Gasteiger partial charge is 0.393 e. The van der Waals surface area contributed by atoms with E-state index >= 15 is 0 Å². The summed E-state index contributed by atoms with van der Waals surface area (Å²) in [5.74, 6) is 1.67. The molecular weight excluding hydrogens is 156 g/mol. The van der Waals surface area contributed by atoms with Crippen molar-refractivity contribution in [3.05, 3.63) is 11.8 Å². The van der Waals surface area contributed by atoms with Crippen LogP contribution in [0.5, 0.6) is 0 Å². The van der Waals surface area contributed by atoms with Crippen LogP contribution in [0.3, 0.4) is 0 Å². The first kappa shape index (κ1) is 10.2. The molecule has 0 atom stereocenters. The van der Waals surface area contributed by atoms with E-state index in [1.807, 2.05) is 0 Å². The van der Waals surface area contributed by atoms with Gasteiger partial charge in [-0.25, -0.2) is 0 Å². The van der Waals surface area contributed by atoms with Crippen molar-refractivity contribution >= 4 is 12.3 Å². The van der Waals surface area contributed by atoms with Gasteiger partial charge < -0.3 is 5.32 Å². The van der Waals surface area contributed by atoms with Crippen LogP contribution in [0.25, 0.3) is 0 Å². The molecule has 0 aliphatic carbocycles. The highest BCUT2D eigenvalue weighted by molar-refractivity contribution is 6.02. The Morgan fingerprint density at radius 2 is 2.25 bits per heavy atom. The fraction of sp³-hybridized carbons (Fsp3) is 0.250. The van der Waals surface area contributed by atoms with Crippen molar-refractivity contribution in [1.29, 1.82) is 0 Å². The molecule has 0 aromatic rings. The second-order valence-electron chi connectivity index (χ2n) is 2.01. The van der Waals surface area contributed by atoms with E-state index in [2.05, 4.69) is 11.2 Å². The van der Waals surface area contributed by atoms with Crippen LogP contribution >= 0.6 is 0 Å². The molecule has 0 saturated carbocycles. The van der Waals surface area contributed by atoms with Gasteiger partial charge >= 0.3 is 0 Å². The molecule has 0 fully saturated rings. The van der Waals surface area contributed by atoms with Crippen molar-refractivity contribution in [3.63, 3.8) is 0 Å². The lowest BCUT2D eigenvalue weighted by molar-refractivity contribution is -0.133. The van der Waals surface area contributed by atoms with E-state index in [1.54, 1.807) is 7.05 Å². The Morgan fingerprint density at radius 3 is 2.58 bits per heavy atom. The first-order chi connectivity index (χ1) is 5.67. The molecule has 0 heterocycles. The Labute approximate surface area is 71.2 Å². The third kappa shape index (κ3) is 2.46. The fourth-order valence-corrected chi connectivity index (χ4v) is 0.547. The summed E-state index contributed by atoms with van der Waals surface area (Å²) in [4.78, 5) is 22.2. The third-order valence-corrected chi connectivity index (χ3v) is 1.15. The lowest BCUT2D eigenvalue weighted by Gasteiger charge is -2.07. The molecule has 0 bridgehead atoms. The smallest absolute Gasteiger partial charge is 0.269 e. The Bertz CT molecular complexity index is 250. The molecule has 4 nitrogen and oxygen atoms in total. The SMILES string of the molecule is C#C/C(=C/NC)C(=O)N(C)C=O. The standard InChI is InChI=1S/C8H10N2O2/c1-4-7(5-9-2)8(12)10(3)6-11/h1,5-6,9H,2-3H3/b7-5-. The zero-order valence-corrected chi connectivity index (χ0v) is 7.00. The summed E-state index contributed by atoms with van der Waals surface area (Å²) in [6.45, 7) is 0. The molecule has 0 aromatic carbocycles. The minimum Gasteiger partial charge on any atom is -0.393 e. The van der Waals surface area contributed by atoms with Crippen LogP contribution in [-0.2, 0) is 9.59 Å². The number of hydrogen-bond acceptors (Lipinski definition) is 3. The summed E-state index contributed by atoms with van der Waals surface area (Å²) in [5.41, 5.74) is 0.118. The zero-order valence-electron chi connectivity index (χ0n) is 7.00. The Morgan fingerprint density at radius 1 is 1.67 bits per heavy atom. The quantitative estimate of drug-likeness (QED) is 0.344. The van der Waals surface area contributed by atoms with Crippen LogP contribution in [0, 0.1) is 12.3 Å². The molecule has 0 saturated heterocycles. The van der Waals surface area contributed by atoms with Gasteiger partial charge in [-0.3, -0.25) is 14.5 Å². The molecule has 0 rings (SSSR count). The zero-order chi connectivity index (χ0) is 9.56. The normalized spacial score (nSPS) is 9.92. The lowest BCUT2D eigenvalue weighted by Crippen LogP contribution is -2.26. The number of amides is 2. The van der Waals surface area contributed by atoms with Crippen LogP contribution in [0.4, 0.5) is 0 Å². The van der Waals surface area contributed by atoms with E-state index < -0.39 is 5.91 Å². The highest BCUT2D eigenvalue weighted by atomic mass is 16.2. The Kier molecular flexibility index (Phi) is 4.24. The fourth-order valence-electron chi connectivity index (χ4n) is 0.547. The number of hydrogen-bond donors (Lipinski definition) is 1. The van der Waals surface area contributed by atoms with Gasteiger partial charge in [0.25, 0.3) is 5.91 Å². The number of likely N-dealkylation sites (N-methyl/N-ethyl adjacent to an activating group) is 1. The van der Waals surface area contributed by atoms with Crippen LogP contribution in [-0.4, -0.2) is 31.3 Å². The van der Waals surface area contributed by atoms with Gasteiger partial charge in [-0.15, -0.1) is 6.42 Å². The average molecular weight is 166 g/mol. The number of carbonyl (C=O) groups is 2. The van der Waals surface area contributed by atoms with E-state index in [4.69, 9.17) is 6.42 Å². The maximum atomic E-state index is 11.1. The Balaban J connectivity index is 4.56. The van der Waals surface area contributed by atoms with Gasteiger partial charge in [0.15, 0.2) is 0 Å². The van der Waals surface area contributed by atoms with Gasteiger partial charge in [0.1, 0.15) is 5.57 Å². The summed E-state index contributed by atoms with van der Waals surface area (Å²) in [7, 11) is 2.96. The molecule has 1 N–H and O–H groups in total. The summed E-state index contributed by atoms with van der Waals surface area (Å²) < 4.78 is 0. The van der Waals surface area contributed by atoms with E-state index in [1.165, 1.54) is 13.2 Å². The van der Waals surface area contributed by atoms with Crippen molar-refractivity contribution in [2.24, 2.45) is 0 Å². The van der Waals surface area contributed by atoms with Gasteiger partial charge in [0.2, 0.25) is 6.41 Å². The van der Waals surface area contributed by atoms with Gasteiger partial charge in [0, 0.05) is 20.3 Å². The van der Waals surface area contributed by atoms with E-state index in [-0.39, 0.29) is 5.57 Å². The number of nitrogens with one attached hydrogen (secondary N) is 1. The summed E-state index contributed by atoms with van der Waals surface area (Å²) in [6, 6.07) is 0. The van der Waals surface area contributed by atoms with Crippen LogP contribution in [0.2, 0.25) is 0 Å². The van der Waals surface area contributed by atoms with Gasteiger partial charge in [-0.1, -0.05) is 5.92 Å². The first-order valence-corrected chi connectivity index (χ1v) is 3.23. The van der Waals surface area contributed by atoms with Crippen LogP contribution in [0.1, 0.15) is 0 Å². The van der Waals surface area contributed by atoms with Crippen molar-refractivity contribution in [2.75, 3.05) is 14.1 Å². The molecule has 0 aliphatic rings. The molecule has 4 heteroatoms. The van der Waals surface area contributed by atoms with E-state index in [9.17, 15) is 9.59 Å². The molecule has 12 heavy (non-hydrogen) atoms. The first-order valence-electron chi connectivity index (χ1n) is 3.23. The van der Waals surface area contributed by atoms with Crippen LogP contribution < -0.4 is 5.32 Å². The van der Waals surface area contributed by atoms with Crippen molar-refractivity contribution in [2.45, 2.75) is 0 Å². The molecule has 64 valence electrons. The maximum absolute atomic E-state index is 11.1. The van der Waals surface area contributed by atoms with Crippen molar-refractivity contribution < 1.29 is 9.59 Å². The van der Waals surface area contributed by atoms with E-state index in [0.29, 0.717) is 6.41 Å². The highest BCUT2D eigenvalue weighted by Crippen LogP contribution is 1.94. The minimum absolute atomic E-state index is 0.118. The number of terminal acetylenes is 1. The monoisotopic (exact) mass is 166 g/mol. The van der Waals surface area contributed by atoms with Crippen molar-refractivity contribution in [3.8, 4) is 12.3 Å². The molecule has 0 unspecified atom stereocenters. The molecule has 2 amide bonds. The minimum atomic E-state index is -0.498. The summed E-state index contributed by atoms with van der Waals surface area (Å²) in [5, 5.41) is 2.61. The maximum Gasteiger partial charge on any atom is 0.269 e. The predicted molar refractivity (Wildman–Crippen MR) is 44.8 cm³/mol. The third-order valence-electron chi connectivity index (χ3n) is 1.15. The molecule has 0 radical (unpaired) electrons. The molecule has 0 spiro atoms. The summed E-state index contributed by atoms with van der Waals surface area (Å²) in [6.07, 6.45) is 6.80. The topological polar surface area (TPSA) is 49.4 Å². The second-order valence-corrected chi connectivity index (χ2v) is 2.01. The van der Waals surface area contributed by atoms with Gasteiger partial charge in [-0.2, -0.15) is 0 Å². The van der Waals surface area contributed by atoms with E-state index in [0.717, 1.165) is 4.90 Å². The Hall–Kier alpha value is -1.76.